The third-order valence-corrected chi connectivity index (χ3v) is 14.0. The van der Waals surface area contributed by atoms with E-state index in [2.05, 4.69) is 175 Å². The fraction of sp³-hybridized carbons (Fsp3) is 0.294. The molecule has 0 saturated carbocycles. The Bertz CT molecular complexity index is 2720. The van der Waals surface area contributed by atoms with Crippen molar-refractivity contribution in [2.24, 2.45) is 0 Å². The van der Waals surface area contributed by atoms with E-state index in [1.54, 1.807) is 5.56 Å². The molecule has 2 radical (unpaired) electrons. The van der Waals surface area contributed by atoms with Gasteiger partial charge < -0.3 is 9.80 Å². The van der Waals surface area contributed by atoms with Crippen molar-refractivity contribution in [3.8, 4) is 0 Å². The molecule has 6 aromatic carbocycles. The van der Waals surface area contributed by atoms with Crippen molar-refractivity contribution in [1.29, 1.82) is 0 Å². The molecule has 0 atom stereocenters. The van der Waals surface area contributed by atoms with Gasteiger partial charge in [-0.25, -0.2) is 0 Å². The van der Waals surface area contributed by atoms with Crippen LogP contribution in [0.3, 0.4) is 0 Å². The molecule has 0 spiro atoms. The number of hydrogen-bond donors (Lipinski definition) is 0. The average Bonchev–Trinajstić information content (AvgIpc) is 3.78. The van der Waals surface area contributed by atoms with Crippen molar-refractivity contribution in [1.82, 2.24) is 0 Å². The van der Waals surface area contributed by atoms with Crippen LogP contribution in [0.5, 0.6) is 0 Å². The van der Waals surface area contributed by atoms with Gasteiger partial charge in [0, 0.05) is 48.9 Å². The van der Waals surface area contributed by atoms with E-state index in [1.165, 1.54) is 89.5 Å². The lowest BCUT2D eigenvalue weighted by Crippen LogP contribution is -2.62. The van der Waals surface area contributed by atoms with Crippen molar-refractivity contribution >= 4 is 102 Å². The van der Waals surface area contributed by atoms with E-state index < -0.39 is 0 Å². The van der Waals surface area contributed by atoms with Crippen molar-refractivity contribution < 1.29 is 0 Å². The molecule has 2 aliphatic heterocycles. The van der Waals surface area contributed by atoms with Crippen LogP contribution in [0.15, 0.2) is 103 Å². The van der Waals surface area contributed by atoms with Crippen LogP contribution in [0.2, 0.25) is 0 Å². The second-order valence-electron chi connectivity index (χ2n) is 19.6. The third kappa shape index (κ3) is 5.37. The van der Waals surface area contributed by atoms with Crippen LogP contribution in [0.25, 0.3) is 20.2 Å². The van der Waals surface area contributed by atoms with Crippen molar-refractivity contribution in [2.45, 2.75) is 97.8 Å². The summed E-state index contributed by atoms with van der Waals surface area (Å²) in [7, 11) is 7.04. The van der Waals surface area contributed by atoms with Crippen LogP contribution in [0.4, 0.5) is 34.1 Å². The molecule has 2 nitrogen and oxygen atoms in total. The summed E-state index contributed by atoms with van der Waals surface area (Å²) in [4.78, 5) is 5.01. The SMILES string of the molecule is [B]c1cc2c3c(c1)N(c1ccc(C(C)(C)C)cc1)c1ccc4sc5c6c(ccc5c4c1B3c1cc(C(C)(C)C)ccc1N2c1ccc(C(C)(C)C)cc1)CCC6. The van der Waals surface area contributed by atoms with Crippen LogP contribution in [0.1, 0.15) is 96.6 Å². The minimum Gasteiger partial charge on any atom is -0.311 e. The summed E-state index contributed by atoms with van der Waals surface area (Å²) in [5, 5.41) is 2.81. The predicted octanol–water partition coefficient (Wildman–Crippen LogP) is 11.3. The first-order valence-corrected chi connectivity index (χ1v) is 21.3. The van der Waals surface area contributed by atoms with E-state index in [0.29, 0.717) is 0 Å². The van der Waals surface area contributed by atoms with Gasteiger partial charge in [-0.05, 0) is 140 Å². The fourth-order valence-electron chi connectivity index (χ4n) is 9.75. The number of aryl methyl sites for hydroxylation is 2. The summed E-state index contributed by atoms with van der Waals surface area (Å²) in [6.45, 7) is 20.8. The monoisotopic (exact) mass is 744 g/mol. The van der Waals surface area contributed by atoms with Gasteiger partial charge in [0.1, 0.15) is 7.85 Å². The maximum Gasteiger partial charge on any atom is 0.253 e. The minimum absolute atomic E-state index is 0.0119. The number of nitrogens with zero attached hydrogens (tertiary/aromatic N) is 2. The molecule has 0 saturated heterocycles. The predicted molar refractivity (Wildman–Crippen MR) is 247 cm³/mol. The third-order valence-electron chi connectivity index (χ3n) is 12.8. The highest BCUT2D eigenvalue weighted by atomic mass is 32.1. The summed E-state index contributed by atoms with van der Waals surface area (Å²) < 4.78 is 2.85. The lowest BCUT2D eigenvalue weighted by Gasteiger charge is -2.45. The lowest BCUT2D eigenvalue weighted by atomic mass is 9.32. The normalized spacial score (nSPS) is 15.0. The lowest BCUT2D eigenvalue weighted by molar-refractivity contribution is 0.590. The Morgan fingerprint density at radius 3 is 1.70 bits per heavy atom. The molecule has 10 rings (SSSR count). The maximum absolute atomic E-state index is 7.04. The smallest absolute Gasteiger partial charge is 0.253 e. The molecule has 5 heteroatoms. The topological polar surface area (TPSA) is 6.48 Å². The van der Waals surface area contributed by atoms with E-state index >= 15 is 0 Å². The van der Waals surface area contributed by atoms with E-state index in [0.717, 1.165) is 28.2 Å². The number of benzene rings is 6. The van der Waals surface area contributed by atoms with Crippen LogP contribution < -0.4 is 31.7 Å². The Kier molecular flexibility index (Phi) is 7.73. The van der Waals surface area contributed by atoms with Crippen LogP contribution in [-0.2, 0) is 29.1 Å². The first-order chi connectivity index (χ1) is 26.6. The Hall–Kier alpha value is -4.73. The molecule has 1 aliphatic carbocycles. The van der Waals surface area contributed by atoms with Gasteiger partial charge >= 0.3 is 0 Å². The molecule has 1 aromatic heterocycles. The molecule has 7 aromatic rings. The van der Waals surface area contributed by atoms with Crippen molar-refractivity contribution in [2.75, 3.05) is 9.80 Å². The van der Waals surface area contributed by atoms with Gasteiger partial charge in [-0.15, -0.1) is 11.3 Å². The Morgan fingerprint density at radius 2 is 1.11 bits per heavy atom. The zero-order chi connectivity index (χ0) is 39.1. The van der Waals surface area contributed by atoms with Gasteiger partial charge in [0.15, 0.2) is 0 Å². The highest BCUT2D eigenvalue weighted by Crippen LogP contribution is 2.48. The van der Waals surface area contributed by atoms with Crippen LogP contribution in [-0.4, -0.2) is 14.6 Å². The summed E-state index contributed by atoms with van der Waals surface area (Å²) in [6, 6.07) is 39.9. The van der Waals surface area contributed by atoms with E-state index in [4.69, 9.17) is 7.85 Å². The highest BCUT2D eigenvalue weighted by molar-refractivity contribution is 7.26. The Labute approximate surface area is 339 Å². The summed E-state index contributed by atoms with van der Waals surface area (Å²) in [5.41, 5.74) is 19.1. The maximum atomic E-state index is 7.04. The second kappa shape index (κ2) is 12.1. The number of thiophene rings is 1. The van der Waals surface area contributed by atoms with Gasteiger partial charge in [0.05, 0.1) is 0 Å². The number of hydrogen-bond acceptors (Lipinski definition) is 3. The molecular formula is C51H50B2N2S. The number of rotatable bonds is 2. The molecule has 0 fully saturated rings. The molecule has 0 bridgehead atoms. The first kappa shape index (κ1) is 35.7. The summed E-state index contributed by atoms with van der Waals surface area (Å²) in [5.74, 6) is 0. The van der Waals surface area contributed by atoms with Crippen molar-refractivity contribution in [3.05, 3.63) is 131 Å². The molecule has 3 aliphatic rings. The number of fused-ring (bicyclic) bond motifs is 10. The minimum atomic E-state index is -0.0155. The quantitative estimate of drug-likeness (QED) is 0.163. The van der Waals surface area contributed by atoms with Gasteiger partial charge in [-0.1, -0.05) is 116 Å². The summed E-state index contributed by atoms with van der Waals surface area (Å²) >= 11 is 2.00. The van der Waals surface area contributed by atoms with E-state index in [9.17, 15) is 0 Å². The molecule has 276 valence electrons. The fourth-order valence-corrected chi connectivity index (χ4v) is 11.1. The van der Waals surface area contributed by atoms with Crippen molar-refractivity contribution in [3.63, 3.8) is 0 Å². The van der Waals surface area contributed by atoms with E-state index in [-0.39, 0.29) is 23.0 Å². The second-order valence-corrected chi connectivity index (χ2v) is 20.7. The largest absolute Gasteiger partial charge is 0.311 e. The summed E-state index contributed by atoms with van der Waals surface area (Å²) in [6.07, 6.45) is 3.60. The van der Waals surface area contributed by atoms with Crippen LogP contribution >= 0.6 is 11.3 Å². The van der Waals surface area contributed by atoms with Gasteiger partial charge in [-0.3, -0.25) is 0 Å². The zero-order valence-corrected chi connectivity index (χ0v) is 35.2. The Morgan fingerprint density at radius 1 is 0.554 bits per heavy atom. The molecule has 0 amide bonds. The molecule has 56 heavy (non-hydrogen) atoms. The molecule has 0 N–H and O–H groups in total. The Balaban J connectivity index is 1.33. The van der Waals surface area contributed by atoms with Gasteiger partial charge in [-0.2, -0.15) is 0 Å². The highest BCUT2D eigenvalue weighted by Gasteiger charge is 2.45. The zero-order valence-electron chi connectivity index (χ0n) is 34.4. The first-order valence-electron chi connectivity index (χ1n) is 20.5. The average molecular weight is 745 g/mol. The van der Waals surface area contributed by atoms with Gasteiger partial charge in [0.2, 0.25) is 0 Å². The number of anilines is 6. The molecule has 3 heterocycles. The standard InChI is InChI=1S/C51H50B2N2S/c1-49(2,3)31-14-19-35(20-15-31)54-40-24-18-33(51(7,8)9)27-39(40)53-46-42(54)28-34(52)29-43(46)55(36-21-16-32(17-22-36)50(4,5)6)41-25-26-44-45(47(41)53)38-23-13-30-11-10-12-37(30)48(38)56-44/h13-29H,10-12H2,1-9H3. The van der Waals surface area contributed by atoms with Gasteiger partial charge in [0.25, 0.3) is 6.71 Å². The van der Waals surface area contributed by atoms with Crippen LogP contribution in [0, 0.1) is 0 Å². The molecular weight excluding hydrogens is 694 g/mol. The van der Waals surface area contributed by atoms with E-state index in [1.807, 2.05) is 11.3 Å². The molecule has 0 unspecified atom stereocenters.